The average Bonchev–Trinajstić information content (AvgIpc) is 3.45. The first-order valence-electron chi connectivity index (χ1n) is 9.40. The van der Waals surface area contributed by atoms with Crippen molar-refractivity contribution in [2.75, 3.05) is 18.9 Å². The minimum atomic E-state index is -1.31. The van der Waals surface area contributed by atoms with E-state index < -0.39 is 31.1 Å². The molecule has 0 bridgehead atoms. The maximum Gasteiger partial charge on any atom is 0.254 e. The summed E-state index contributed by atoms with van der Waals surface area (Å²) in [7, 11) is 0. The van der Waals surface area contributed by atoms with Crippen molar-refractivity contribution in [2.45, 2.75) is 37.9 Å². The third-order valence-corrected chi connectivity index (χ3v) is 4.81. The smallest absolute Gasteiger partial charge is 0.254 e. The van der Waals surface area contributed by atoms with Crippen LogP contribution in [-0.2, 0) is 4.74 Å². The lowest BCUT2D eigenvalue weighted by molar-refractivity contribution is -0.0511. The number of anilines is 1. The van der Waals surface area contributed by atoms with Crippen molar-refractivity contribution in [3.8, 4) is 5.95 Å². The van der Waals surface area contributed by atoms with Gasteiger partial charge in [-0.25, -0.2) is 9.67 Å². The summed E-state index contributed by atoms with van der Waals surface area (Å²) in [5.74, 6) is -0.121. The Labute approximate surface area is 170 Å². The highest BCUT2D eigenvalue weighted by atomic mass is 16.6. The molecule has 3 aromatic heterocycles. The van der Waals surface area contributed by atoms with Gasteiger partial charge in [0.2, 0.25) is 0 Å². The summed E-state index contributed by atoms with van der Waals surface area (Å²) < 4.78 is 8.24. The Bertz CT molecular complexity index is 1070. The van der Waals surface area contributed by atoms with Gasteiger partial charge in [0.15, 0.2) is 17.7 Å². The van der Waals surface area contributed by atoms with Gasteiger partial charge >= 0.3 is 0 Å². The molecule has 13 nitrogen and oxygen atoms in total. The van der Waals surface area contributed by atoms with E-state index in [2.05, 4.69) is 25.4 Å². The van der Waals surface area contributed by atoms with E-state index in [1.165, 1.54) is 28.0 Å². The van der Waals surface area contributed by atoms with Crippen LogP contribution >= 0.6 is 0 Å². The van der Waals surface area contributed by atoms with E-state index in [0.717, 1.165) is 6.42 Å². The molecule has 3 aromatic rings. The number of fused-ring (bicyclic) bond motifs is 1. The second-order valence-corrected chi connectivity index (χ2v) is 6.89. The second kappa shape index (κ2) is 7.95. The number of nitrogens with two attached hydrogens (primary N) is 1. The first-order valence-corrected chi connectivity index (χ1v) is 9.40. The van der Waals surface area contributed by atoms with E-state index in [-0.39, 0.29) is 28.8 Å². The monoisotopic (exact) mass is 418 g/mol. The number of aliphatic hydroxyl groups is 3. The summed E-state index contributed by atoms with van der Waals surface area (Å²) in [6.45, 7) is 2.04. The fourth-order valence-electron chi connectivity index (χ4n) is 3.21. The molecule has 0 saturated carbocycles. The molecule has 1 saturated heterocycles. The Hall–Kier alpha value is -3.13. The SMILES string of the molecule is CCCNC(=O)c1cnn(-c2nc(N)c3ncn([C@@H]4O[C@H](CO)[C@@H](O)[C@H]4O)c3n2)c1. The molecule has 1 fully saturated rings. The molecule has 0 unspecified atom stereocenters. The van der Waals surface area contributed by atoms with E-state index >= 15 is 0 Å². The van der Waals surface area contributed by atoms with Crippen LogP contribution in [0.5, 0.6) is 0 Å². The molecular weight excluding hydrogens is 396 g/mol. The normalized spacial score (nSPS) is 23.9. The van der Waals surface area contributed by atoms with Gasteiger partial charge in [-0.05, 0) is 6.42 Å². The summed E-state index contributed by atoms with van der Waals surface area (Å²) >= 11 is 0. The molecule has 160 valence electrons. The van der Waals surface area contributed by atoms with Crippen molar-refractivity contribution in [1.82, 2.24) is 34.6 Å². The summed E-state index contributed by atoms with van der Waals surface area (Å²) in [5.41, 5.74) is 6.85. The fraction of sp³-hybridized carbons (Fsp3) is 0.471. The van der Waals surface area contributed by atoms with E-state index in [9.17, 15) is 20.1 Å². The highest BCUT2D eigenvalue weighted by molar-refractivity contribution is 5.93. The molecule has 4 heterocycles. The fourth-order valence-corrected chi connectivity index (χ4v) is 3.21. The lowest BCUT2D eigenvalue weighted by atomic mass is 10.1. The third kappa shape index (κ3) is 3.37. The molecule has 13 heteroatoms. The van der Waals surface area contributed by atoms with Crippen LogP contribution in [0.4, 0.5) is 5.82 Å². The Morgan fingerprint density at radius 2 is 2.13 bits per heavy atom. The maximum atomic E-state index is 12.1. The lowest BCUT2D eigenvalue weighted by Crippen LogP contribution is -2.33. The zero-order valence-electron chi connectivity index (χ0n) is 16.1. The molecule has 1 aliphatic heterocycles. The van der Waals surface area contributed by atoms with Crippen LogP contribution in [0.15, 0.2) is 18.7 Å². The minimum Gasteiger partial charge on any atom is -0.394 e. The van der Waals surface area contributed by atoms with Crippen molar-refractivity contribution in [2.24, 2.45) is 0 Å². The Kier molecular flexibility index (Phi) is 5.34. The van der Waals surface area contributed by atoms with Gasteiger partial charge < -0.3 is 31.1 Å². The molecule has 0 radical (unpaired) electrons. The Morgan fingerprint density at radius 1 is 1.33 bits per heavy atom. The molecule has 4 atom stereocenters. The topological polar surface area (TPSA) is 186 Å². The number of imidazole rings is 1. The van der Waals surface area contributed by atoms with Gasteiger partial charge in [0.1, 0.15) is 23.8 Å². The number of nitrogen functional groups attached to an aromatic ring is 1. The van der Waals surface area contributed by atoms with Crippen LogP contribution in [0.1, 0.15) is 29.9 Å². The quantitative estimate of drug-likeness (QED) is 0.310. The minimum absolute atomic E-state index is 0.0629. The second-order valence-electron chi connectivity index (χ2n) is 6.89. The molecular formula is C17H22N8O5. The lowest BCUT2D eigenvalue weighted by Gasteiger charge is -2.16. The third-order valence-electron chi connectivity index (χ3n) is 4.81. The van der Waals surface area contributed by atoms with Gasteiger partial charge in [-0.1, -0.05) is 6.92 Å². The van der Waals surface area contributed by atoms with Crippen molar-refractivity contribution in [3.63, 3.8) is 0 Å². The number of carbonyl (C=O) groups excluding carboxylic acids is 1. The van der Waals surface area contributed by atoms with E-state index in [1.807, 2.05) is 6.92 Å². The predicted octanol–water partition coefficient (Wildman–Crippen LogP) is -1.65. The highest BCUT2D eigenvalue weighted by Gasteiger charge is 2.44. The van der Waals surface area contributed by atoms with Gasteiger partial charge in [-0.2, -0.15) is 15.1 Å². The van der Waals surface area contributed by atoms with Crippen molar-refractivity contribution in [1.29, 1.82) is 0 Å². The number of nitrogens with zero attached hydrogens (tertiary/aromatic N) is 6. The van der Waals surface area contributed by atoms with E-state index in [0.29, 0.717) is 12.1 Å². The van der Waals surface area contributed by atoms with Gasteiger partial charge in [-0.15, -0.1) is 0 Å². The van der Waals surface area contributed by atoms with Crippen LogP contribution < -0.4 is 11.1 Å². The van der Waals surface area contributed by atoms with Gasteiger partial charge in [0.05, 0.1) is 24.7 Å². The number of hydrogen-bond acceptors (Lipinski definition) is 10. The van der Waals surface area contributed by atoms with Gasteiger partial charge in [0.25, 0.3) is 11.9 Å². The molecule has 30 heavy (non-hydrogen) atoms. The number of rotatable bonds is 6. The molecule has 4 rings (SSSR count). The summed E-state index contributed by atoms with van der Waals surface area (Å²) in [6, 6.07) is 0. The molecule has 0 aromatic carbocycles. The number of amides is 1. The first-order chi connectivity index (χ1) is 14.4. The number of nitrogens with one attached hydrogen (secondary N) is 1. The summed E-state index contributed by atoms with van der Waals surface area (Å²) in [6.07, 6.45) is 0.461. The van der Waals surface area contributed by atoms with Gasteiger partial charge in [0, 0.05) is 12.7 Å². The summed E-state index contributed by atoms with van der Waals surface area (Å²) in [4.78, 5) is 24.8. The number of carbonyl (C=O) groups is 1. The zero-order chi connectivity index (χ0) is 21.4. The first kappa shape index (κ1) is 20.2. The molecule has 1 amide bonds. The Balaban J connectivity index is 1.70. The van der Waals surface area contributed by atoms with Crippen molar-refractivity contribution < 1.29 is 24.9 Å². The number of ether oxygens (including phenoxy) is 1. The molecule has 0 aliphatic carbocycles. The number of aromatic nitrogens is 6. The van der Waals surface area contributed by atoms with Crippen LogP contribution in [0.3, 0.4) is 0 Å². The summed E-state index contributed by atoms with van der Waals surface area (Å²) in [5, 5.41) is 36.5. The number of aliphatic hydroxyl groups excluding tert-OH is 3. The van der Waals surface area contributed by atoms with Crippen molar-refractivity contribution >= 4 is 22.9 Å². The predicted molar refractivity (Wildman–Crippen MR) is 102 cm³/mol. The Morgan fingerprint density at radius 3 is 2.83 bits per heavy atom. The van der Waals surface area contributed by atoms with Gasteiger partial charge in [-0.3, -0.25) is 9.36 Å². The molecule has 1 aliphatic rings. The van der Waals surface area contributed by atoms with Crippen molar-refractivity contribution in [3.05, 3.63) is 24.3 Å². The zero-order valence-corrected chi connectivity index (χ0v) is 16.1. The molecule has 0 spiro atoms. The van der Waals surface area contributed by atoms with Crippen LogP contribution in [-0.4, -0.2) is 82.0 Å². The van der Waals surface area contributed by atoms with Crippen LogP contribution in [0.25, 0.3) is 17.1 Å². The van der Waals surface area contributed by atoms with Crippen LogP contribution in [0.2, 0.25) is 0 Å². The standard InChI is InChI=1S/C17H22N8O5/c1-2-3-19-15(29)8-4-21-25(5-8)17-22-13(18)10-14(23-17)24(7-20-10)16-12(28)11(27)9(6-26)30-16/h4-5,7,9,11-12,16,26-28H,2-3,6H2,1H3,(H,19,29)(H2,18,22,23)/t9-,11-,12-,16-/m1/s1. The highest BCUT2D eigenvalue weighted by Crippen LogP contribution is 2.32. The van der Waals surface area contributed by atoms with E-state index in [1.54, 1.807) is 0 Å². The average molecular weight is 418 g/mol. The largest absolute Gasteiger partial charge is 0.394 e. The maximum absolute atomic E-state index is 12.1. The van der Waals surface area contributed by atoms with Crippen LogP contribution in [0, 0.1) is 0 Å². The number of hydrogen-bond donors (Lipinski definition) is 5. The van der Waals surface area contributed by atoms with E-state index in [4.69, 9.17) is 10.5 Å². The molecule has 6 N–H and O–H groups in total.